The van der Waals surface area contributed by atoms with E-state index in [9.17, 15) is 9.59 Å². The van der Waals surface area contributed by atoms with Crippen LogP contribution in [0.4, 0.5) is 0 Å². The van der Waals surface area contributed by atoms with Gasteiger partial charge in [0.1, 0.15) is 0 Å². The Kier molecular flexibility index (Phi) is 5.16. The third kappa shape index (κ3) is 4.08. The Balaban J connectivity index is 1.84. The summed E-state index contributed by atoms with van der Waals surface area (Å²) in [5, 5.41) is 2.71. The summed E-state index contributed by atoms with van der Waals surface area (Å²) >= 11 is 0. The third-order valence-corrected chi connectivity index (χ3v) is 3.64. The Morgan fingerprint density at radius 3 is 2.50 bits per heavy atom. The fourth-order valence-corrected chi connectivity index (χ4v) is 2.48. The van der Waals surface area contributed by atoms with Crippen LogP contribution in [-0.2, 0) is 4.79 Å². The Hall–Kier alpha value is -1.84. The summed E-state index contributed by atoms with van der Waals surface area (Å²) in [5.41, 5.74) is 1.64. The molecule has 1 heterocycles. The summed E-state index contributed by atoms with van der Waals surface area (Å²) in [6.45, 7) is 3.67. The maximum atomic E-state index is 12.1. The predicted octanol–water partition coefficient (Wildman–Crippen LogP) is 2.13. The van der Waals surface area contributed by atoms with Gasteiger partial charge in [0.25, 0.3) is 5.91 Å². The molecule has 1 saturated heterocycles. The van der Waals surface area contributed by atoms with Crippen molar-refractivity contribution in [3.63, 3.8) is 0 Å². The molecule has 1 N–H and O–H groups in total. The summed E-state index contributed by atoms with van der Waals surface area (Å²) in [6, 6.07) is 7.38. The quantitative estimate of drug-likeness (QED) is 0.918. The first-order valence-electron chi connectivity index (χ1n) is 7.29. The molecule has 2 rings (SSSR count). The molecule has 20 heavy (non-hydrogen) atoms. The number of nitrogens with one attached hydrogen (secondary N) is 1. The van der Waals surface area contributed by atoms with E-state index in [0.29, 0.717) is 5.56 Å². The van der Waals surface area contributed by atoms with E-state index in [2.05, 4.69) is 5.32 Å². The monoisotopic (exact) mass is 274 g/mol. The molecule has 0 radical (unpaired) electrons. The highest BCUT2D eigenvalue weighted by atomic mass is 16.2. The van der Waals surface area contributed by atoms with Crippen LogP contribution in [-0.4, -0.2) is 36.3 Å². The summed E-state index contributed by atoms with van der Waals surface area (Å²) in [6.07, 6.45) is 4.52. The van der Waals surface area contributed by atoms with Crippen LogP contribution in [0, 0.1) is 6.92 Å². The minimum atomic E-state index is -0.183. The number of likely N-dealkylation sites (tertiary alicyclic amines) is 1. The van der Waals surface area contributed by atoms with Gasteiger partial charge in [-0.15, -0.1) is 0 Å². The average Bonchev–Trinajstić information content (AvgIpc) is 2.73. The zero-order valence-corrected chi connectivity index (χ0v) is 12.0. The number of nitrogens with zero attached hydrogens (tertiary/aromatic N) is 1. The third-order valence-electron chi connectivity index (χ3n) is 3.64. The van der Waals surface area contributed by atoms with Crippen LogP contribution in [0.25, 0.3) is 0 Å². The summed E-state index contributed by atoms with van der Waals surface area (Å²) in [7, 11) is 0. The number of hydrogen-bond acceptors (Lipinski definition) is 2. The standard InChI is InChI=1S/C16H22N2O2/c1-13-7-6-8-14(11-13)16(20)17-12-15(19)18-9-4-2-3-5-10-18/h6-8,11H,2-5,9-10,12H2,1H3,(H,17,20). The Bertz CT molecular complexity index is 477. The second kappa shape index (κ2) is 7.08. The molecule has 0 spiro atoms. The van der Waals surface area contributed by atoms with E-state index in [1.54, 1.807) is 6.07 Å². The van der Waals surface area contributed by atoms with Gasteiger partial charge in [-0.05, 0) is 31.9 Å². The molecule has 108 valence electrons. The van der Waals surface area contributed by atoms with Crippen molar-refractivity contribution in [3.8, 4) is 0 Å². The zero-order valence-electron chi connectivity index (χ0n) is 12.0. The fourth-order valence-electron chi connectivity index (χ4n) is 2.48. The van der Waals surface area contributed by atoms with Gasteiger partial charge < -0.3 is 10.2 Å². The summed E-state index contributed by atoms with van der Waals surface area (Å²) in [4.78, 5) is 25.9. The average molecular weight is 274 g/mol. The normalized spacial score (nSPS) is 15.6. The molecule has 2 amide bonds. The molecule has 1 aliphatic rings. The molecule has 0 aromatic heterocycles. The van der Waals surface area contributed by atoms with Gasteiger partial charge in [0.2, 0.25) is 5.91 Å². The molecule has 1 fully saturated rings. The minimum absolute atomic E-state index is 0.0212. The molecular weight excluding hydrogens is 252 g/mol. The van der Waals surface area contributed by atoms with Crippen molar-refractivity contribution in [2.45, 2.75) is 32.6 Å². The number of carbonyl (C=O) groups excluding carboxylic acids is 2. The van der Waals surface area contributed by atoms with Crippen LogP contribution in [0.2, 0.25) is 0 Å². The van der Waals surface area contributed by atoms with E-state index in [-0.39, 0.29) is 18.4 Å². The van der Waals surface area contributed by atoms with E-state index < -0.39 is 0 Å². The second-order valence-corrected chi connectivity index (χ2v) is 5.35. The van der Waals surface area contributed by atoms with Crippen molar-refractivity contribution in [2.24, 2.45) is 0 Å². The molecule has 0 saturated carbocycles. The predicted molar refractivity (Wildman–Crippen MR) is 78.6 cm³/mol. The van der Waals surface area contributed by atoms with E-state index in [0.717, 1.165) is 31.5 Å². The molecule has 0 aliphatic carbocycles. The van der Waals surface area contributed by atoms with Gasteiger partial charge in [0.15, 0.2) is 0 Å². The highest BCUT2D eigenvalue weighted by Gasteiger charge is 2.16. The van der Waals surface area contributed by atoms with Crippen molar-refractivity contribution in [3.05, 3.63) is 35.4 Å². The van der Waals surface area contributed by atoms with Crippen molar-refractivity contribution < 1.29 is 9.59 Å². The Labute approximate surface area is 120 Å². The van der Waals surface area contributed by atoms with Gasteiger partial charge in [0, 0.05) is 18.7 Å². The molecule has 0 bridgehead atoms. The maximum absolute atomic E-state index is 12.1. The summed E-state index contributed by atoms with van der Waals surface area (Å²) < 4.78 is 0. The van der Waals surface area contributed by atoms with Crippen LogP contribution in [0.3, 0.4) is 0 Å². The van der Waals surface area contributed by atoms with Gasteiger partial charge in [-0.3, -0.25) is 9.59 Å². The summed E-state index contributed by atoms with van der Waals surface area (Å²) in [5.74, 6) is -0.162. The first-order valence-corrected chi connectivity index (χ1v) is 7.29. The lowest BCUT2D eigenvalue weighted by Crippen LogP contribution is -2.40. The molecule has 1 aromatic rings. The highest BCUT2D eigenvalue weighted by molar-refractivity contribution is 5.96. The maximum Gasteiger partial charge on any atom is 0.251 e. The van der Waals surface area contributed by atoms with Crippen molar-refractivity contribution in [1.82, 2.24) is 10.2 Å². The first-order chi connectivity index (χ1) is 9.66. The van der Waals surface area contributed by atoms with Crippen LogP contribution >= 0.6 is 0 Å². The molecule has 4 nitrogen and oxygen atoms in total. The lowest BCUT2D eigenvalue weighted by atomic mass is 10.1. The number of hydrogen-bond donors (Lipinski definition) is 1. The molecule has 0 atom stereocenters. The molecule has 1 aromatic carbocycles. The zero-order chi connectivity index (χ0) is 14.4. The highest BCUT2D eigenvalue weighted by Crippen LogP contribution is 2.09. The van der Waals surface area contributed by atoms with Gasteiger partial charge in [-0.25, -0.2) is 0 Å². The van der Waals surface area contributed by atoms with Crippen LogP contribution in [0.5, 0.6) is 0 Å². The van der Waals surface area contributed by atoms with E-state index >= 15 is 0 Å². The Morgan fingerprint density at radius 2 is 1.85 bits per heavy atom. The van der Waals surface area contributed by atoms with Crippen LogP contribution < -0.4 is 5.32 Å². The number of aryl methyl sites for hydroxylation is 1. The number of carbonyl (C=O) groups is 2. The van der Waals surface area contributed by atoms with E-state index in [1.165, 1.54) is 12.8 Å². The van der Waals surface area contributed by atoms with Gasteiger partial charge in [-0.1, -0.05) is 30.5 Å². The lowest BCUT2D eigenvalue weighted by Gasteiger charge is -2.20. The van der Waals surface area contributed by atoms with E-state index in [1.807, 2.05) is 30.0 Å². The largest absolute Gasteiger partial charge is 0.343 e. The topological polar surface area (TPSA) is 49.4 Å². The lowest BCUT2D eigenvalue weighted by molar-refractivity contribution is -0.130. The van der Waals surface area contributed by atoms with Gasteiger partial charge in [0.05, 0.1) is 6.54 Å². The van der Waals surface area contributed by atoms with Crippen molar-refractivity contribution in [2.75, 3.05) is 19.6 Å². The SMILES string of the molecule is Cc1cccc(C(=O)NCC(=O)N2CCCCCC2)c1. The van der Waals surface area contributed by atoms with Crippen LogP contribution in [0.1, 0.15) is 41.6 Å². The van der Waals surface area contributed by atoms with Crippen molar-refractivity contribution >= 4 is 11.8 Å². The molecule has 4 heteroatoms. The molecule has 1 aliphatic heterocycles. The molecule has 0 unspecified atom stereocenters. The molecular formula is C16H22N2O2. The van der Waals surface area contributed by atoms with E-state index in [4.69, 9.17) is 0 Å². The van der Waals surface area contributed by atoms with Crippen molar-refractivity contribution in [1.29, 1.82) is 0 Å². The smallest absolute Gasteiger partial charge is 0.251 e. The van der Waals surface area contributed by atoms with Crippen LogP contribution in [0.15, 0.2) is 24.3 Å². The fraction of sp³-hybridized carbons (Fsp3) is 0.500. The Morgan fingerprint density at radius 1 is 1.15 bits per heavy atom. The number of benzene rings is 1. The number of rotatable bonds is 3. The van der Waals surface area contributed by atoms with Gasteiger partial charge in [-0.2, -0.15) is 0 Å². The van der Waals surface area contributed by atoms with Gasteiger partial charge >= 0.3 is 0 Å². The first kappa shape index (κ1) is 14.6. The second-order valence-electron chi connectivity index (χ2n) is 5.35. The number of amides is 2. The minimum Gasteiger partial charge on any atom is -0.343 e.